The molecule has 0 aliphatic heterocycles. The van der Waals surface area contributed by atoms with Gasteiger partial charge in [-0.1, -0.05) is 6.08 Å². The second-order valence-electron chi connectivity index (χ2n) is 7.84. The Kier molecular flexibility index (Phi) is 6.62. The lowest BCUT2D eigenvalue weighted by atomic mass is 9.65. The Balaban J connectivity index is 3.06. The summed E-state index contributed by atoms with van der Waals surface area (Å²) in [5.41, 5.74) is 3.85. The Labute approximate surface area is 149 Å². The van der Waals surface area contributed by atoms with Gasteiger partial charge in [-0.3, -0.25) is 9.59 Å². The second-order valence-corrected chi connectivity index (χ2v) is 7.84. The van der Waals surface area contributed by atoms with E-state index in [-0.39, 0.29) is 17.7 Å². The highest BCUT2D eigenvalue weighted by Gasteiger charge is 2.51. The van der Waals surface area contributed by atoms with Crippen molar-refractivity contribution in [1.29, 1.82) is 0 Å². The number of allylic oxidation sites excluding steroid dienone is 1. The van der Waals surface area contributed by atoms with Gasteiger partial charge in [-0.25, -0.2) is 4.79 Å². The summed E-state index contributed by atoms with van der Waals surface area (Å²) in [6.07, 6.45) is 3.02. The highest BCUT2D eigenvalue weighted by Crippen LogP contribution is 2.39. The summed E-state index contributed by atoms with van der Waals surface area (Å²) in [7, 11) is 0. The van der Waals surface area contributed by atoms with E-state index in [1.807, 2.05) is 0 Å². The smallest absolute Gasteiger partial charge is 0.407 e. The van der Waals surface area contributed by atoms with Gasteiger partial charge in [0.2, 0.25) is 11.8 Å². The first-order valence-electron chi connectivity index (χ1n) is 8.62. The van der Waals surface area contributed by atoms with Crippen LogP contribution in [-0.4, -0.2) is 35.1 Å². The van der Waals surface area contributed by atoms with Gasteiger partial charge in [-0.15, -0.1) is 6.58 Å². The first-order chi connectivity index (χ1) is 11.4. The zero-order valence-electron chi connectivity index (χ0n) is 15.8. The molecule has 0 aromatic carbocycles. The molecule has 0 heterocycles. The lowest BCUT2D eigenvalue weighted by molar-refractivity contribution is -0.136. The summed E-state index contributed by atoms with van der Waals surface area (Å²) < 4.78 is 5.28. The number of carbonyl (C=O) groups is 3. The van der Waals surface area contributed by atoms with Gasteiger partial charge in [0.05, 0.1) is 0 Å². The Morgan fingerprint density at radius 2 is 1.92 bits per heavy atom. The molecule has 142 valence electrons. The van der Waals surface area contributed by atoms with Crippen LogP contribution in [0.2, 0.25) is 0 Å². The van der Waals surface area contributed by atoms with Crippen LogP contribution in [0.25, 0.3) is 0 Å². The minimum absolute atomic E-state index is 0.0735. The summed E-state index contributed by atoms with van der Waals surface area (Å²) in [6.45, 7) is 12.3. The monoisotopic (exact) mass is 353 g/mol. The largest absolute Gasteiger partial charge is 0.444 e. The van der Waals surface area contributed by atoms with E-state index in [9.17, 15) is 14.4 Å². The van der Waals surface area contributed by atoms with Crippen molar-refractivity contribution in [3.63, 3.8) is 0 Å². The molecular weight excluding hydrogens is 322 g/mol. The fourth-order valence-corrected chi connectivity index (χ4v) is 3.58. The fourth-order valence-electron chi connectivity index (χ4n) is 3.58. The minimum atomic E-state index is -1.22. The minimum Gasteiger partial charge on any atom is -0.444 e. The van der Waals surface area contributed by atoms with E-state index in [0.29, 0.717) is 12.8 Å². The molecule has 0 aromatic rings. The summed E-state index contributed by atoms with van der Waals surface area (Å²) in [4.78, 5) is 36.2. The number of rotatable bonds is 5. The van der Waals surface area contributed by atoms with E-state index in [1.54, 1.807) is 33.8 Å². The number of hydrogen-bond acceptors (Lipinski definition) is 4. The lowest BCUT2D eigenvalue weighted by Crippen LogP contribution is -2.67. The predicted octanol–water partition coefficient (Wildman–Crippen LogP) is 1.86. The number of alkyl carbamates (subject to hydrolysis) is 1. The maximum absolute atomic E-state index is 12.3. The van der Waals surface area contributed by atoms with Gasteiger partial charge < -0.3 is 21.1 Å². The molecule has 1 unspecified atom stereocenters. The van der Waals surface area contributed by atoms with E-state index in [1.165, 1.54) is 6.92 Å². The van der Waals surface area contributed by atoms with Gasteiger partial charge in [0.1, 0.15) is 11.1 Å². The average Bonchev–Trinajstić information content (AvgIpc) is 2.43. The molecule has 0 aromatic heterocycles. The summed E-state index contributed by atoms with van der Waals surface area (Å²) >= 11 is 0. The molecular formula is C18H31N3O4. The maximum atomic E-state index is 12.3. The zero-order valence-corrected chi connectivity index (χ0v) is 15.8. The first-order valence-corrected chi connectivity index (χ1v) is 8.62. The van der Waals surface area contributed by atoms with E-state index < -0.39 is 29.2 Å². The topological polar surface area (TPSA) is 111 Å². The third kappa shape index (κ3) is 5.47. The Morgan fingerprint density at radius 3 is 2.36 bits per heavy atom. The van der Waals surface area contributed by atoms with Gasteiger partial charge in [-0.2, -0.15) is 0 Å². The van der Waals surface area contributed by atoms with Crippen LogP contribution in [-0.2, 0) is 14.3 Å². The van der Waals surface area contributed by atoms with Gasteiger partial charge in [-0.05, 0) is 52.9 Å². The molecule has 4 atom stereocenters. The third-order valence-corrected chi connectivity index (χ3v) is 4.59. The van der Waals surface area contributed by atoms with Crippen LogP contribution >= 0.6 is 0 Å². The normalized spacial score (nSPS) is 27.7. The van der Waals surface area contributed by atoms with Gasteiger partial charge in [0.25, 0.3) is 0 Å². The van der Waals surface area contributed by atoms with Crippen LogP contribution in [0.4, 0.5) is 4.79 Å². The molecule has 3 amide bonds. The zero-order chi connectivity index (χ0) is 19.4. The average molecular weight is 353 g/mol. The highest BCUT2D eigenvalue weighted by atomic mass is 16.6. The molecule has 1 saturated carbocycles. The number of nitrogens with one attached hydrogen (secondary N) is 2. The SMILES string of the molecule is C=C[C@@H]1CC[C@@H](C(C)NC(=O)OC(C)(C)C)[C@@](NC(C)=O)(C(N)=O)C1. The molecule has 0 bridgehead atoms. The summed E-state index contributed by atoms with van der Waals surface area (Å²) in [5, 5.41) is 5.53. The number of carbonyl (C=O) groups excluding carboxylic acids is 3. The van der Waals surface area contributed by atoms with Crippen molar-refractivity contribution in [3.05, 3.63) is 12.7 Å². The van der Waals surface area contributed by atoms with E-state index in [2.05, 4.69) is 17.2 Å². The molecule has 7 nitrogen and oxygen atoms in total. The van der Waals surface area contributed by atoms with Gasteiger partial charge >= 0.3 is 6.09 Å². The van der Waals surface area contributed by atoms with Crippen molar-refractivity contribution in [3.8, 4) is 0 Å². The molecule has 1 fully saturated rings. The standard InChI is InChI=1S/C18H31N3O4/c1-7-13-8-9-14(11(2)20-16(24)25-17(4,5)6)18(10-13,15(19)23)21-12(3)22/h7,11,13-14H,1,8-10H2,2-6H3,(H2,19,23)(H,20,24)(H,21,22)/t11?,13-,14+,18-/m1/s1. The lowest BCUT2D eigenvalue weighted by Gasteiger charge is -2.47. The van der Waals surface area contributed by atoms with Crippen molar-refractivity contribution in [1.82, 2.24) is 10.6 Å². The molecule has 1 aliphatic carbocycles. The number of nitrogens with two attached hydrogens (primary N) is 1. The van der Waals surface area contributed by atoms with Crippen LogP contribution in [0, 0.1) is 11.8 Å². The van der Waals surface area contributed by atoms with Crippen molar-refractivity contribution in [2.24, 2.45) is 17.6 Å². The first kappa shape index (κ1) is 21.0. The predicted molar refractivity (Wildman–Crippen MR) is 95.6 cm³/mol. The van der Waals surface area contributed by atoms with Crippen LogP contribution in [0.15, 0.2) is 12.7 Å². The van der Waals surface area contributed by atoms with E-state index in [0.717, 1.165) is 6.42 Å². The highest BCUT2D eigenvalue weighted by molar-refractivity contribution is 5.90. The quantitative estimate of drug-likeness (QED) is 0.655. The number of amides is 3. The second kappa shape index (κ2) is 7.89. The van der Waals surface area contributed by atoms with Crippen molar-refractivity contribution in [2.75, 3.05) is 0 Å². The van der Waals surface area contributed by atoms with Crippen molar-refractivity contribution in [2.45, 2.75) is 71.1 Å². The number of ether oxygens (including phenoxy) is 1. The Morgan fingerprint density at radius 1 is 1.32 bits per heavy atom. The van der Waals surface area contributed by atoms with Crippen LogP contribution in [0.1, 0.15) is 53.9 Å². The Bertz CT molecular complexity index is 541. The molecule has 0 spiro atoms. The van der Waals surface area contributed by atoms with E-state index >= 15 is 0 Å². The van der Waals surface area contributed by atoms with Crippen LogP contribution in [0.3, 0.4) is 0 Å². The summed E-state index contributed by atoms with van der Waals surface area (Å²) in [6, 6.07) is -0.403. The Hall–Kier alpha value is -2.05. The van der Waals surface area contributed by atoms with Crippen LogP contribution in [0.5, 0.6) is 0 Å². The molecule has 0 radical (unpaired) electrons. The number of hydrogen-bond donors (Lipinski definition) is 3. The van der Waals surface area contributed by atoms with Crippen molar-refractivity contribution >= 4 is 17.9 Å². The molecule has 25 heavy (non-hydrogen) atoms. The molecule has 7 heteroatoms. The maximum Gasteiger partial charge on any atom is 0.407 e. The fraction of sp³-hybridized carbons (Fsp3) is 0.722. The van der Waals surface area contributed by atoms with E-state index in [4.69, 9.17) is 10.5 Å². The van der Waals surface area contributed by atoms with Gasteiger partial charge in [0.15, 0.2) is 0 Å². The van der Waals surface area contributed by atoms with Gasteiger partial charge in [0, 0.05) is 18.9 Å². The number of primary amides is 1. The van der Waals surface area contributed by atoms with Crippen LogP contribution < -0.4 is 16.4 Å². The third-order valence-electron chi connectivity index (χ3n) is 4.59. The molecule has 1 rings (SSSR count). The van der Waals surface area contributed by atoms with Crippen molar-refractivity contribution < 1.29 is 19.1 Å². The molecule has 0 saturated heterocycles. The summed E-state index contributed by atoms with van der Waals surface area (Å²) in [5.74, 6) is -1.20. The molecule has 4 N–H and O–H groups in total. The molecule has 1 aliphatic rings.